The van der Waals surface area contributed by atoms with Crippen LogP contribution in [0.3, 0.4) is 0 Å². The number of carbonyl (C=O) groups excluding carboxylic acids is 1. The van der Waals surface area contributed by atoms with Crippen LogP contribution in [0.5, 0.6) is 5.75 Å². The highest BCUT2D eigenvalue weighted by Gasteiger charge is 2.30. The summed E-state index contributed by atoms with van der Waals surface area (Å²) in [6, 6.07) is 7.63. The minimum atomic E-state index is -0.745. The Kier molecular flexibility index (Phi) is 6.02. The van der Waals surface area contributed by atoms with Crippen LogP contribution >= 0.6 is 0 Å². The van der Waals surface area contributed by atoms with E-state index in [-0.39, 0.29) is 23.8 Å². The summed E-state index contributed by atoms with van der Waals surface area (Å²) in [5.74, 6) is -0.302. The third-order valence-corrected chi connectivity index (χ3v) is 4.48. The van der Waals surface area contributed by atoms with Gasteiger partial charge in [0, 0.05) is 5.92 Å². The first-order chi connectivity index (χ1) is 11.0. The smallest absolute Gasteiger partial charge is 0.306 e. The zero-order chi connectivity index (χ0) is 16.8. The molecule has 1 fully saturated rings. The molecule has 0 bridgehead atoms. The largest absolute Gasteiger partial charge is 0.494 e. The van der Waals surface area contributed by atoms with Crippen LogP contribution in [0.15, 0.2) is 24.3 Å². The number of ether oxygens (including phenoxy) is 1. The molecule has 5 nitrogen and oxygen atoms in total. The maximum atomic E-state index is 12.4. The molecule has 0 radical (unpaired) electrons. The van der Waals surface area contributed by atoms with Crippen molar-refractivity contribution in [3.8, 4) is 5.75 Å². The molecule has 126 valence electrons. The fourth-order valence-electron chi connectivity index (χ4n) is 3.06. The number of carbonyl (C=O) groups is 2. The van der Waals surface area contributed by atoms with Gasteiger partial charge in [-0.25, -0.2) is 0 Å². The molecule has 1 saturated carbocycles. The highest BCUT2D eigenvalue weighted by atomic mass is 16.5. The number of amides is 1. The Bertz CT molecular complexity index is 550. The van der Waals surface area contributed by atoms with Crippen molar-refractivity contribution in [3.63, 3.8) is 0 Å². The molecule has 2 N–H and O–H groups in total. The molecular formula is C18H25NO4. The molecule has 0 aromatic heterocycles. The van der Waals surface area contributed by atoms with E-state index in [9.17, 15) is 9.59 Å². The Morgan fingerprint density at radius 3 is 2.52 bits per heavy atom. The topological polar surface area (TPSA) is 75.6 Å². The van der Waals surface area contributed by atoms with E-state index in [1.54, 1.807) is 0 Å². The summed E-state index contributed by atoms with van der Waals surface area (Å²) in [6.45, 7) is 4.49. The van der Waals surface area contributed by atoms with E-state index < -0.39 is 5.97 Å². The van der Waals surface area contributed by atoms with Crippen LogP contribution in [0.1, 0.15) is 51.1 Å². The Morgan fingerprint density at radius 2 is 1.91 bits per heavy atom. The van der Waals surface area contributed by atoms with Crippen LogP contribution in [0.25, 0.3) is 0 Å². The molecule has 1 atom stereocenters. The number of carboxylic acid groups (broad SMARTS) is 1. The van der Waals surface area contributed by atoms with Gasteiger partial charge >= 0.3 is 5.97 Å². The van der Waals surface area contributed by atoms with Gasteiger partial charge in [0.15, 0.2) is 0 Å². The Labute approximate surface area is 137 Å². The van der Waals surface area contributed by atoms with Gasteiger partial charge in [-0.1, -0.05) is 12.1 Å². The van der Waals surface area contributed by atoms with Gasteiger partial charge in [-0.05, 0) is 57.2 Å². The lowest BCUT2D eigenvalue weighted by atomic mass is 9.81. The van der Waals surface area contributed by atoms with Crippen LogP contribution in [-0.2, 0) is 9.59 Å². The van der Waals surface area contributed by atoms with E-state index in [1.165, 1.54) is 0 Å². The van der Waals surface area contributed by atoms with E-state index in [1.807, 2.05) is 38.1 Å². The SMILES string of the molecule is CCOc1cccc(C(C)NC(=O)C2CCC(C(=O)O)CC2)c1. The summed E-state index contributed by atoms with van der Waals surface area (Å²) in [6.07, 6.45) is 2.46. The van der Waals surface area contributed by atoms with E-state index in [0.29, 0.717) is 32.3 Å². The number of nitrogens with one attached hydrogen (secondary N) is 1. The van der Waals surface area contributed by atoms with E-state index >= 15 is 0 Å². The van der Waals surface area contributed by atoms with E-state index in [0.717, 1.165) is 11.3 Å². The monoisotopic (exact) mass is 319 g/mol. The molecule has 1 aromatic carbocycles. The average Bonchev–Trinajstić information content (AvgIpc) is 2.55. The Hall–Kier alpha value is -2.04. The van der Waals surface area contributed by atoms with Crippen molar-refractivity contribution in [3.05, 3.63) is 29.8 Å². The summed E-state index contributed by atoms with van der Waals surface area (Å²) < 4.78 is 5.48. The summed E-state index contributed by atoms with van der Waals surface area (Å²) in [4.78, 5) is 23.3. The van der Waals surface area contributed by atoms with E-state index in [4.69, 9.17) is 9.84 Å². The molecular weight excluding hydrogens is 294 g/mol. The van der Waals surface area contributed by atoms with Crippen molar-refractivity contribution < 1.29 is 19.4 Å². The first kappa shape index (κ1) is 17.3. The molecule has 1 aliphatic rings. The van der Waals surface area contributed by atoms with Gasteiger partial charge < -0.3 is 15.2 Å². The van der Waals surface area contributed by atoms with E-state index in [2.05, 4.69) is 5.32 Å². The normalized spacial score (nSPS) is 22.2. The number of hydrogen-bond donors (Lipinski definition) is 2. The maximum Gasteiger partial charge on any atom is 0.306 e. The molecule has 0 spiro atoms. The number of rotatable bonds is 6. The van der Waals surface area contributed by atoms with Crippen LogP contribution < -0.4 is 10.1 Å². The summed E-state index contributed by atoms with van der Waals surface area (Å²) in [7, 11) is 0. The molecule has 0 saturated heterocycles. The number of carboxylic acids is 1. The molecule has 23 heavy (non-hydrogen) atoms. The lowest BCUT2D eigenvalue weighted by Gasteiger charge is -2.26. The molecule has 0 heterocycles. The Morgan fingerprint density at radius 1 is 1.26 bits per heavy atom. The zero-order valence-electron chi connectivity index (χ0n) is 13.7. The van der Waals surface area contributed by atoms with Gasteiger partial charge in [0.2, 0.25) is 5.91 Å². The lowest BCUT2D eigenvalue weighted by Crippen LogP contribution is -2.35. The fraction of sp³-hybridized carbons (Fsp3) is 0.556. The highest BCUT2D eigenvalue weighted by molar-refractivity contribution is 5.79. The second-order valence-electron chi connectivity index (χ2n) is 6.12. The third-order valence-electron chi connectivity index (χ3n) is 4.48. The van der Waals surface area contributed by atoms with Crippen LogP contribution in [0.2, 0.25) is 0 Å². The molecule has 1 unspecified atom stereocenters. The molecule has 1 aliphatic carbocycles. The van der Waals surface area contributed by atoms with Crippen molar-refractivity contribution in [1.29, 1.82) is 0 Å². The molecule has 2 rings (SSSR count). The predicted molar refractivity (Wildman–Crippen MR) is 87.3 cm³/mol. The van der Waals surface area contributed by atoms with Gasteiger partial charge in [0.05, 0.1) is 18.6 Å². The molecule has 5 heteroatoms. The summed E-state index contributed by atoms with van der Waals surface area (Å²) >= 11 is 0. The molecule has 1 aromatic rings. The minimum absolute atomic E-state index is 0.0168. The maximum absolute atomic E-state index is 12.4. The minimum Gasteiger partial charge on any atom is -0.494 e. The average molecular weight is 319 g/mol. The van der Waals surface area contributed by atoms with Crippen LogP contribution in [0.4, 0.5) is 0 Å². The van der Waals surface area contributed by atoms with Crippen molar-refractivity contribution in [2.45, 2.75) is 45.6 Å². The molecule has 1 amide bonds. The Balaban J connectivity index is 1.90. The first-order valence-electron chi connectivity index (χ1n) is 8.27. The van der Waals surface area contributed by atoms with Gasteiger partial charge in [0.25, 0.3) is 0 Å². The van der Waals surface area contributed by atoms with Crippen LogP contribution in [0, 0.1) is 11.8 Å². The quantitative estimate of drug-likeness (QED) is 0.844. The second kappa shape index (κ2) is 7.99. The van der Waals surface area contributed by atoms with Gasteiger partial charge in [-0.3, -0.25) is 9.59 Å². The number of aliphatic carboxylic acids is 1. The van der Waals surface area contributed by atoms with Crippen molar-refractivity contribution in [2.24, 2.45) is 11.8 Å². The first-order valence-corrected chi connectivity index (χ1v) is 8.27. The number of hydrogen-bond acceptors (Lipinski definition) is 3. The second-order valence-corrected chi connectivity index (χ2v) is 6.12. The van der Waals surface area contributed by atoms with Gasteiger partial charge in [-0.2, -0.15) is 0 Å². The third kappa shape index (κ3) is 4.71. The standard InChI is InChI=1S/C18H25NO4/c1-3-23-16-6-4-5-15(11-16)12(2)19-17(20)13-7-9-14(10-8-13)18(21)22/h4-6,11-14H,3,7-10H2,1-2H3,(H,19,20)(H,21,22). The van der Waals surface area contributed by atoms with Crippen molar-refractivity contribution in [1.82, 2.24) is 5.32 Å². The zero-order valence-corrected chi connectivity index (χ0v) is 13.7. The number of benzene rings is 1. The van der Waals surface area contributed by atoms with Crippen molar-refractivity contribution >= 4 is 11.9 Å². The van der Waals surface area contributed by atoms with Crippen molar-refractivity contribution in [2.75, 3.05) is 6.61 Å². The van der Waals surface area contributed by atoms with Crippen LogP contribution in [-0.4, -0.2) is 23.6 Å². The fourth-order valence-corrected chi connectivity index (χ4v) is 3.06. The predicted octanol–water partition coefficient (Wildman–Crippen LogP) is 3.15. The van der Waals surface area contributed by atoms with Gasteiger partial charge in [0.1, 0.15) is 5.75 Å². The summed E-state index contributed by atoms with van der Waals surface area (Å²) in [5, 5.41) is 12.1. The van der Waals surface area contributed by atoms with Gasteiger partial charge in [-0.15, -0.1) is 0 Å². The summed E-state index contributed by atoms with van der Waals surface area (Å²) in [5.41, 5.74) is 1.00. The molecule has 0 aliphatic heterocycles. The lowest BCUT2D eigenvalue weighted by molar-refractivity contribution is -0.144. The highest BCUT2D eigenvalue weighted by Crippen LogP contribution is 2.29.